The van der Waals surface area contributed by atoms with Crippen LogP contribution in [0.5, 0.6) is 0 Å². The Hall–Kier alpha value is -0.910. The fourth-order valence-corrected chi connectivity index (χ4v) is 1.42. The van der Waals surface area contributed by atoms with Crippen LogP contribution in [0.15, 0.2) is 0 Å². The Kier molecular flexibility index (Phi) is 4.93. The molecular weight excluding hydrogens is 208 g/mol. The van der Waals surface area contributed by atoms with E-state index in [1.165, 1.54) is 6.92 Å². The van der Waals surface area contributed by atoms with Crippen LogP contribution in [-0.2, 0) is 4.74 Å². The van der Waals surface area contributed by atoms with Crippen molar-refractivity contribution >= 4 is 6.09 Å². The van der Waals surface area contributed by atoms with Gasteiger partial charge in [-0.2, -0.15) is 8.78 Å². The average Bonchev–Trinajstić information content (AvgIpc) is 1.96. The summed E-state index contributed by atoms with van der Waals surface area (Å²) >= 11 is 0. The lowest BCUT2D eigenvalue weighted by molar-refractivity contribution is -0.141. The highest BCUT2D eigenvalue weighted by molar-refractivity contribution is 5.66. The van der Waals surface area contributed by atoms with Gasteiger partial charge < -0.3 is 9.84 Å². The summed E-state index contributed by atoms with van der Waals surface area (Å²) in [6.45, 7) is 3.42. The van der Waals surface area contributed by atoms with Gasteiger partial charge in [0.1, 0.15) is 0 Å². The van der Waals surface area contributed by atoms with Crippen molar-refractivity contribution in [1.82, 2.24) is 4.90 Å². The molecule has 0 aliphatic carbocycles. The number of ether oxygens (including phenoxy) is 1. The summed E-state index contributed by atoms with van der Waals surface area (Å²) in [6, 6.07) is -0.614. The molecular formula is C9H17F2NO3. The van der Waals surface area contributed by atoms with Gasteiger partial charge in [-0.3, -0.25) is 4.90 Å². The van der Waals surface area contributed by atoms with E-state index in [9.17, 15) is 13.6 Å². The second-order valence-corrected chi connectivity index (χ2v) is 4.27. The third kappa shape index (κ3) is 4.92. The molecule has 0 aliphatic heterocycles. The predicted octanol–water partition coefficient (Wildman–Crippen LogP) is 2.39. The van der Waals surface area contributed by atoms with Crippen LogP contribution in [0.2, 0.25) is 0 Å². The number of nitrogens with zero attached hydrogens (tertiary/aromatic N) is 1. The Morgan fingerprint density at radius 2 is 1.93 bits per heavy atom. The molecule has 6 heteroatoms. The van der Waals surface area contributed by atoms with Crippen molar-refractivity contribution in [1.29, 1.82) is 0 Å². The average molecular weight is 225 g/mol. The molecule has 1 amide bonds. The van der Waals surface area contributed by atoms with Gasteiger partial charge >= 0.3 is 12.7 Å². The van der Waals surface area contributed by atoms with Crippen molar-refractivity contribution in [2.75, 3.05) is 6.61 Å². The van der Waals surface area contributed by atoms with Gasteiger partial charge in [0.25, 0.3) is 0 Å². The van der Waals surface area contributed by atoms with E-state index in [0.29, 0.717) is 0 Å². The fourth-order valence-electron chi connectivity index (χ4n) is 1.42. The Morgan fingerprint density at radius 3 is 2.20 bits per heavy atom. The van der Waals surface area contributed by atoms with Crippen LogP contribution < -0.4 is 0 Å². The van der Waals surface area contributed by atoms with Gasteiger partial charge in [0.15, 0.2) is 0 Å². The molecule has 0 saturated heterocycles. The van der Waals surface area contributed by atoms with Gasteiger partial charge in [0.05, 0.1) is 12.6 Å². The topological polar surface area (TPSA) is 49.8 Å². The van der Waals surface area contributed by atoms with Gasteiger partial charge in [-0.15, -0.1) is 0 Å². The van der Waals surface area contributed by atoms with Crippen LogP contribution in [0.1, 0.15) is 27.7 Å². The number of alkyl halides is 2. The van der Waals surface area contributed by atoms with Gasteiger partial charge in [0, 0.05) is 5.54 Å². The van der Waals surface area contributed by atoms with E-state index >= 15 is 0 Å². The molecule has 90 valence electrons. The number of amides is 1. The first-order chi connectivity index (χ1) is 6.66. The maximum absolute atomic E-state index is 11.8. The number of carbonyl (C=O) groups is 1. The van der Waals surface area contributed by atoms with Crippen LogP contribution >= 0.6 is 0 Å². The molecule has 0 aromatic rings. The molecule has 0 radical (unpaired) electrons. The van der Waals surface area contributed by atoms with E-state index in [1.54, 1.807) is 20.8 Å². The SMILES string of the molecule is C[C@H](COC(F)F)N(C(=O)O)C(C)(C)C. The van der Waals surface area contributed by atoms with Crippen LogP contribution in [0.25, 0.3) is 0 Å². The predicted molar refractivity (Wildman–Crippen MR) is 51.0 cm³/mol. The van der Waals surface area contributed by atoms with Crippen molar-refractivity contribution in [3.8, 4) is 0 Å². The minimum absolute atomic E-state index is 0.318. The van der Waals surface area contributed by atoms with Crippen molar-refractivity contribution in [2.24, 2.45) is 0 Å². The zero-order valence-electron chi connectivity index (χ0n) is 9.33. The van der Waals surface area contributed by atoms with Crippen LogP contribution in [0.3, 0.4) is 0 Å². The first-order valence-corrected chi connectivity index (χ1v) is 4.58. The highest BCUT2D eigenvalue weighted by Gasteiger charge is 2.31. The summed E-state index contributed by atoms with van der Waals surface area (Å²) in [5.41, 5.74) is -0.642. The standard InChI is InChI=1S/C9H17F2NO3/c1-6(5-15-7(10)11)12(8(13)14)9(2,3)4/h6-7H,5H2,1-4H3,(H,13,14)/t6-/m1/s1. The third-order valence-corrected chi connectivity index (χ3v) is 1.83. The van der Waals surface area contributed by atoms with E-state index in [2.05, 4.69) is 4.74 Å². The number of rotatable bonds is 4. The maximum Gasteiger partial charge on any atom is 0.408 e. The molecule has 0 heterocycles. The maximum atomic E-state index is 11.8. The van der Waals surface area contributed by atoms with E-state index in [-0.39, 0.29) is 6.61 Å². The lowest BCUT2D eigenvalue weighted by Gasteiger charge is -2.37. The van der Waals surface area contributed by atoms with E-state index in [0.717, 1.165) is 4.90 Å². The highest BCUT2D eigenvalue weighted by Crippen LogP contribution is 2.17. The Labute approximate surface area is 87.8 Å². The molecule has 0 fully saturated rings. The van der Waals surface area contributed by atoms with Crippen molar-refractivity contribution in [2.45, 2.75) is 45.9 Å². The number of hydrogen-bond acceptors (Lipinski definition) is 2. The fraction of sp³-hybridized carbons (Fsp3) is 0.889. The van der Waals surface area contributed by atoms with Crippen molar-refractivity contribution in [3.05, 3.63) is 0 Å². The summed E-state index contributed by atoms with van der Waals surface area (Å²) < 4.78 is 27.6. The molecule has 0 saturated carbocycles. The third-order valence-electron chi connectivity index (χ3n) is 1.83. The summed E-state index contributed by atoms with van der Waals surface area (Å²) in [5, 5.41) is 8.93. The molecule has 1 atom stereocenters. The Bertz CT molecular complexity index is 216. The summed E-state index contributed by atoms with van der Waals surface area (Å²) in [5.74, 6) is 0. The molecule has 0 unspecified atom stereocenters. The molecule has 1 N–H and O–H groups in total. The first-order valence-electron chi connectivity index (χ1n) is 4.58. The normalized spacial score (nSPS) is 14.1. The number of carboxylic acid groups (broad SMARTS) is 1. The first kappa shape index (κ1) is 14.1. The van der Waals surface area contributed by atoms with Crippen molar-refractivity contribution in [3.63, 3.8) is 0 Å². The lowest BCUT2D eigenvalue weighted by atomic mass is 10.0. The summed E-state index contributed by atoms with van der Waals surface area (Å²) in [6.07, 6.45) is -1.15. The lowest BCUT2D eigenvalue weighted by Crippen LogP contribution is -2.51. The zero-order valence-corrected chi connectivity index (χ0v) is 9.33. The van der Waals surface area contributed by atoms with Gasteiger partial charge in [-0.1, -0.05) is 0 Å². The largest absolute Gasteiger partial charge is 0.465 e. The number of halogens is 2. The van der Waals surface area contributed by atoms with Gasteiger partial charge in [-0.05, 0) is 27.7 Å². The second-order valence-electron chi connectivity index (χ2n) is 4.27. The Morgan fingerprint density at radius 1 is 1.47 bits per heavy atom. The summed E-state index contributed by atoms with van der Waals surface area (Å²) in [4.78, 5) is 12.0. The second kappa shape index (κ2) is 5.25. The van der Waals surface area contributed by atoms with Crippen LogP contribution in [0, 0.1) is 0 Å². The molecule has 4 nitrogen and oxygen atoms in total. The van der Waals surface area contributed by atoms with Crippen molar-refractivity contribution < 1.29 is 23.4 Å². The molecule has 0 aromatic heterocycles. The molecule has 15 heavy (non-hydrogen) atoms. The monoisotopic (exact) mass is 225 g/mol. The summed E-state index contributed by atoms with van der Waals surface area (Å²) in [7, 11) is 0. The number of hydrogen-bond donors (Lipinski definition) is 1. The van der Waals surface area contributed by atoms with E-state index in [1.807, 2.05) is 0 Å². The van der Waals surface area contributed by atoms with Gasteiger partial charge in [-0.25, -0.2) is 4.79 Å². The molecule has 0 bridgehead atoms. The van der Waals surface area contributed by atoms with E-state index in [4.69, 9.17) is 5.11 Å². The molecule has 0 aromatic carbocycles. The zero-order chi connectivity index (χ0) is 12.2. The minimum Gasteiger partial charge on any atom is -0.465 e. The molecule has 0 spiro atoms. The van der Waals surface area contributed by atoms with Crippen LogP contribution in [-0.4, -0.2) is 40.9 Å². The smallest absolute Gasteiger partial charge is 0.408 e. The quantitative estimate of drug-likeness (QED) is 0.799. The minimum atomic E-state index is -2.87. The van der Waals surface area contributed by atoms with E-state index < -0.39 is 24.3 Å². The molecule has 0 aliphatic rings. The van der Waals surface area contributed by atoms with Gasteiger partial charge in [0.2, 0.25) is 0 Å². The molecule has 0 rings (SSSR count). The Balaban J connectivity index is 4.44. The highest BCUT2D eigenvalue weighted by atomic mass is 19.3. The van der Waals surface area contributed by atoms with Crippen LogP contribution in [0.4, 0.5) is 13.6 Å².